The molecule has 2 saturated heterocycles. The Morgan fingerprint density at radius 3 is 3.09 bits per heavy atom. The van der Waals surface area contributed by atoms with Crippen molar-refractivity contribution in [3.05, 3.63) is 23.8 Å². The number of fused-ring (bicyclic) bond motifs is 1. The number of carbonyl (C=O) groups is 1. The molecule has 0 saturated carbocycles. The molecule has 2 fully saturated rings. The lowest BCUT2D eigenvalue weighted by Crippen LogP contribution is -2.57. The van der Waals surface area contributed by atoms with Crippen LogP contribution < -0.4 is 0 Å². The van der Waals surface area contributed by atoms with Crippen LogP contribution in [0, 0.1) is 0 Å². The van der Waals surface area contributed by atoms with Gasteiger partial charge in [-0.25, -0.2) is 0 Å². The molecule has 2 aliphatic rings. The van der Waals surface area contributed by atoms with Crippen LogP contribution >= 0.6 is 0 Å². The maximum Gasteiger partial charge on any atom is 0.254 e. The van der Waals surface area contributed by atoms with Crippen LogP contribution in [0.15, 0.2) is 18.2 Å². The molecular weight excluding hydrogens is 284 g/mol. The van der Waals surface area contributed by atoms with Crippen molar-refractivity contribution < 1.29 is 14.6 Å². The summed E-state index contributed by atoms with van der Waals surface area (Å²) in [5.41, 5.74) is 1.42. The van der Waals surface area contributed by atoms with Crippen LogP contribution in [0.25, 0.3) is 11.0 Å². The van der Waals surface area contributed by atoms with Crippen molar-refractivity contribution in [2.45, 2.75) is 31.0 Å². The zero-order valence-corrected chi connectivity index (χ0v) is 12.2. The summed E-state index contributed by atoms with van der Waals surface area (Å²) in [6, 6.07) is 5.29. The third-order valence-electron chi connectivity index (χ3n) is 4.72. The summed E-state index contributed by atoms with van der Waals surface area (Å²) in [5, 5.41) is 20.8. The van der Waals surface area contributed by atoms with Crippen molar-refractivity contribution in [1.82, 2.24) is 20.3 Å². The number of rotatable bonds is 1. The van der Waals surface area contributed by atoms with E-state index in [2.05, 4.69) is 15.4 Å². The maximum atomic E-state index is 12.7. The summed E-state index contributed by atoms with van der Waals surface area (Å²) in [4.78, 5) is 14.5. The Morgan fingerprint density at radius 2 is 2.27 bits per heavy atom. The minimum atomic E-state index is -0.577. The molecular formula is C15H18N4O3. The van der Waals surface area contributed by atoms with Crippen molar-refractivity contribution in [3.63, 3.8) is 0 Å². The monoisotopic (exact) mass is 302 g/mol. The number of nitrogens with one attached hydrogen (secondary N) is 1. The first kappa shape index (κ1) is 13.7. The van der Waals surface area contributed by atoms with Gasteiger partial charge in [-0.05, 0) is 37.5 Å². The highest BCUT2D eigenvalue weighted by Gasteiger charge is 2.47. The summed E-state index contributed by atoms with van der Waals surface area (Å²) >= 11 is 0. The molecule has 4 rings (SSSR count). The van der Waals surface area contributed by atoms with E-state index in [1.165, 1.54) is 0 Å². The number of piperidine rings is 1. The molecule has 116 valence electrons. The molecule has 7 heteroatoms. The summed E-state index contributed by atoms with van der Waals surface area (Å²) in [6.45, 7) is 1.65. The molecule has 2 aromatic rings. The predicted octanol–water partition coefficient (Wildman–Crippen LogP) is 0.714. The van der Waals surface area contributed by atoms with Crippen LogP contribution in [0.1, 0.15) is 29.6 Å². The number of H-pyrrole nitrogens is 1. The van der Waals surface area contributed by atoms with Crippen molar-refractivity contribution in [2.75, 3.05) is 19.7 Å². The molecule has 0 radical (unpaired) electrons. The highest BCUT2D eigenvalue weighted by atomic mass is 16.5. The number of likely N-dealkylation sites (tertiary alicyclic amines) is 1. The number of aliphatic hydroxyl groups excluding tert-OH is 1. The average Bonchev–Trinajstić information content (AvgIpc) is 3.18. The number of hydrogen-bond donors (Lipinski definition) is 2. The van der Waals surface area contributed by atoms with Crippen molar-refractivity contribution in [1.29, 1.82) is 0 Å². The minimum absolute atomic E-state index is 0.0494. The van der Waals surface area contributed by atoms with Gasteiger partial charge in [-0.2, -0.15) is 15.4 Å². The average molecular weight is 302 g/mol. The zero-order valence-electron chi connectivity index (χ0n) is 12.2. The fourth-order valence-electron chi connectivity index (χ4n) is 3.48. The van der Waals surface area contributed by atoms with E-state index in [9.17, 15) is 9.90 Å². The van der Waals surface area contributed by atoms with Crippen LogP contribution in [-0.4, -0.2) is 62.7 Å². The molecule has 3 heterocycles. The van der Waals surface area contributed by atoms with E-state index in [-0.39, 0.29) is 5.91 Å². The van der Waals surface area contributed by atoms with Gasteiger partial charge in [0.05, 0.1) is 12.6 Å². The first-order chi connectivity index (χ1) is 10.7. The van der Waals surface area contributed by atoms with Crippen LogP contribution in [0.3, 0.4) is 0 Å². The fraction of sp³-hybridized carbons (Fsp3) is 0.533. The number of carbonyl (C=O) groups excluding carboxylic acids is 1. The van der Waals surface area contributed by atoms with Gasteiger partial charge in [-0.15, -0.1) is 0 Å². The second-order valence-electron chi connectivity index (χ2n) is 6.08. The summed E-state index contributed by atoms with van der Waals surface area (Å²) in [5.74, 6) is -0.0494. The Balaban J connectivity index is 1.59. The molecule has 7 nitrogen and oxygen atoms in total. The molecule has 2 N–H and O–H groups in total. The number of ether oxygens (including phenoxy) is 1. The molecule has 0 bridgehead atoms. The number of hydrogen-bond acceptors (Lipinski definition) is 5. The van der Waals surface area contributed by atoms with E-state index in [1.54, 1.807) is 23.1 Å². The molecule has 1 aromatic carbocycles. The van der Waals surface area contributed by atoms with Crippen LogP contribution in [0.2, 0.25) is 0 Å². The third-order valence-corrected chi connectivity index (χ3v) is 4.72. The number of aromatic amines is 1. The van der Waals surface area contributed by atoms with Gasteiger partial charge in [0.25, 0.3) is 5.91 Å². The Morgan fingerprint density at radius 1 is 1.41 bits per heavy atom. The van der Waals surface area contributed by atoms with Gasteiger partial charge in [-0.3, -0.25) is 4.79 Å². The SMILES string of the molecule is O=C(c1ccc2n[nH]nc2c1)N1CC[C@H](O)[C@]2(CCCO2)C1. The van der Waals surface area contributed by atoms with Crippen LogP contribution in [-0.2, 0) is 4.74 Å². The predicted molar refractivity (Wildman–Crippen MR) is 78.3 cm³/mol. The number of nitrogens with zero attached hydrogens (tertiary/aromatic N) is 3. The molecule has 0 aliphatic carbocycles. The fourth-order valence-corrected chi connectivity index (χ4v) is 3.48. The number of aliphatic hydroxyl groups is 1. The van der Waals surface area contributed by atoms with E-state index in [0.717, 1.165) is 18.4 Å². The first-order valence-corrected chi connectivity index (χ1v) is 7.60. The number of amides is 1. The van der Waals surface area contributed by atoms with Gasteiger partial charge in [0, 0.05) is 18.7 Å². The van der Waals surface area contributed by atoms with E-state index in [4.69, 9.17) is 4.74 Å². The molecule has 2 aliphatic heterocycles. The molecule has 22 heavy (non-hydrogen) atoms. The number of benzene rings is 1. The lowest BCUT2D eigenvalue weighted by atomic mass is 9.87. The second kappa shape index (κ2) is 5.03. The van der Waals surface area contributed by atoms with E-state index < -0.39 is 11.7 Å². The number of aromatic nitrogens is 3. The summed E-state index contributed by atoms with van der Waals surface area (Å²) in [7, 11) is 0. The molecule has 1 amide bonds. The Bertz CT molecular complexity index is 708. The van der Waals surface area contributed by atoms with Gasteiger partial charge in [0.15, 0.2) is 0 Å². The molecule has 0 unspecified atom stereocenters. The molecule has 2 atom stereocenters. The van der Waals surface area contributed by atoms with Crippen molar-refractivity contribution in [3.8, 4) is 0 Å². The summed E-state index contributed by atoms with van der Waals surface area (Å²) < 4.78 is 5.80. The smallest absolute Gasteiger partial charge is 0.254 e. The van der Waals surface area contributed by atoms with E-state index >= 15 is 0 Å². The van der Waals surface area contributed by atoms with Gasteiger partial charge < -0.3 is 14.7 Å². The highest BCUT2D eigenvalue weighted by Crippen LogP contribution is 2.35. The van der Waals surface area contributed by atoms with Crippen LogP contribution in [0.5, 0.6) is 0 Å². The third kappa shape index (κ3) is 2.08. The van der Waals surface area contributed by atoms with Gasteiger partial charge in [-0.1, -0.05) is 0 Å². The normalized spacial score (nSPS) is 28.6. The highest BCUT2D eigenvalue weighted by molar-refractivity contribution is 5.97. The molecule has 1 spiro atoms. The Labute approximate surface area is 127 Å². The van der Waals surface area contributed by atoms with E-state index in [1.807, 2.05) is 0 Å². The standard InChI is InChI=1S/C15H18N4O3/c20-13-4-6-19(9-15(13)5-1-7-22-15)14(21)10-2-3-11-12(8-10)17-18-16-11/h2-3,8,13,20H,1,4-7,9H2,(H,16,17,18)/t13-,15-/m0/s1. The van der Waals surface area contributed by atoms with Crippen molar-refractivity contribution >= 4 is 16.9 Å². The zero-order chi connectivity index (χ0) is 15.2. The van der Waals surface area contributed by atoms with Gasteiger partial charge in [0.1, 0.15) is 16.6 Å². The largest absolute Gasteiger partial charge is 0.390 e. The van der Waals surface area contributed by atoms with Gasteiger partial charge >= 0.3 is 0 Å². The maximum absolute atomic E-state index is 12.7. The molecule has 1 aromatic heterocycles. The minimum Gasteiger partial charge on any atom is -0.390 e. The lowest BCUT2D eigenvalue weighted by molar-refractivity contribution is -0.124. The lowest BCUT2D eigenvalue weighted by Gasteiger charge is -2.43. The quantitative estimate of drug-likeness (QED) is 0.809. The van der Waals surface area contributed by atoms with Crippen LogP contribution in [0.4, 0.5) is 0 Å². The Hall–Kier alpha value is -1.99. The van der Waals surface area contributed by atoms with Crippen molar-refractivity contribution in [2.24, 2.45) is 0 Å². The Kier molecular flexibility index (Phi) is 3.12. The second-order valence-corrected chi connectivity index (χ2v) is 6.08. The summed E-state index contributed by atoms with van der Waals surface area (Å²) in [6.07, 6.45) is 1.81. The van der Waals surface area contributed by atoms with E-state index in [0.29, 0.717) is 37.2 Å². The first-order valence-electron chi connectivity index (χ1n) is 7.60. The van der Waals surface area contributed by atoms with Gasteiger partial charge in [0.2, 0.25) is 0 Å². The topological polar surface area (TPSA) is 91.3 Å².